The molecule has 0 aliphatic heterocycles. The summed E-state index contributed by atoms with van der Waals surface area (Å²) < 4.78 is 52.7. The zero-order valence-corrected chi connectivity index (χ0v) is 21.9. The molecule has 38 heavy (non-hydrogen) atoms. The second kappa shape index (κ2) is 11.8. The minimum absolute atomic E-state index is 0.157. The number of rotatable bonds is 10. The average molecular weight is 562 g/mol. The van der Waals surface area contributed by atoms with E-state index >= 15 is 0 Å². The number of alkyl halides is 3. The van der Waals surface area contributed by atoms with Gasteiger partial charge in [0.15, 0.2) is 6.61 Å². The number of thioether (sulfide) groups is 1. The van der Waals surface area contributed by atoms with E-state index in [4.69, 9.17) is 14.6 Å². The number of thiazole rings is 1. The zero-order chi connectivity index (χ0) is 27.3. The molecule has 0 aliphatic carbocycles. The predicted octanol–water partition coefficient (Wildman–Crippen LogP) is 7.45. The minimum Gasteiger partial charge on any atom is -0.486 e. The summed E-state index contributed by atoms with van der Waals surface area (Å²) in [5.74, 6) is -0.354. The molecule has 0 amide bonds. The largest absolute Gasteiger partial charge is 0.573 e. The molecule has 0 atom stereocenters. The highest BCUT2D eigenvalue weighted by Crippen LogP contribution is 2.37. The van der Waals surface area contributed by atoms with Gasteiger partial charge in [-0.2, -0.15) is 0 Å². The first kappa shape index (κ1) is 27.3. The van der Waals surface area contributed by atoms with Crippen LogP contribution in [0.25, 0.3) is 22.4 Å². The standard InChI is InChI=1S/C27H22F3NO5S2/c1-16-11-24(21(12-23(16)35-14-26(32)33)17-5-9-20(37-2)10-6-17)34-13-25-31-22(15-38-25)18-3-7-19(8-4-18)36-27(28,29)30/h3-12,15H,13-14H2,1-2H3,(H,32,33). The van der Waals surface area contributed by atoms with Gasteiger partial charge in [0.2, 0.25) is 0 Å². The number of nitrogens with zero attached hydrogens (tertiary/aromatic N) is 1. The van der Waals surface area contributed by atoms with Crippen molar-refractivity contribution < 1.29 is 37.3 Å². The SMILES string of the molecule is CSc1ccc(-c2cc(OCC(=O)O)c(C)cc2OCc2nc(-c3ccc(OC(F)(F)F)cc3)cs2)cc1. The first-order valence-corrected chi connectivity index (χ1v) is 13.3. The molecule has 0 spiro atoms. The van der Waals surface area contributed by atoms with Crippen molar-refractivity contribution in [3.8, 4) is 39.6 Å². The summed E-state index contributed by atoms with van der Waals surface area (Å²) in [6.07, 6.45) is -2.76. The van der Waals surface area contributed by atoms with Crippen molar-refractivity contribution in [3.05, 3.63) is 76.6 Å². The van der Waals surface area contributed by atoms with Gasteiger partial charge in [0.25, 0.3) is 0 Å². The van der Waals surface area contributed by atoms with Crippen molar-refractivity contribution in [1.29, 1.82) is 0 Å². The molecule has 0 unspecified atom stereocenters. The molecule has 0 fully saturated rings. The van der Waals surface area contributed by atoms with E-state index in [0.717, 1.165) is 16.0 Å². The van der Waals surface area contributed by atoms with E-state index in [1.54, 1.807) is 36.2 Å². The Morgan fingerprint density at radius 1 is 1.00 bits per heavy atom. The first-order valence-electron chi connectivity index (χ1n) is 11.2. The van der Waals surface area contributed by atoms with Crippen LogP contribution in [0.5, 0.6) is 17.2 Å². The summed E-state index contributed by atoms with van der Waals surface area (Å²) in [5, 5.41) is 11.5. The number of carboxylic acid groups (broad SMARTS) is 1. The van der Waals surface area contributed by atoms with Crippen LogP contribution in [-0.2, 0) is 11.4 Å². The Kier molecular flexibility index (Phi) is 8.48. The van der Waals surface area contributed by atoms with E-state index in [2.05, 4.69) is 9.72 Å². The fourth-order valence-corrected chi connectivity index (χ4v) is 4.67. The molecule has 6 nitrogen and oxygen atoms in total. The number of hydrogen-bond donors (Lipinski definition) is 1. The third-order valence-corrected chi connectivity index (χ3v) is 6.88. The maximum absolute atomic E-state index is 12.4. The minimum atomic E-state index is -4.75. The molecule has 0 radical (unpaired) electrons. The molecule has 0 aliphatic rings. The van der Waals surface area contributed by atoms with Gasteiger partial charge in [0.1, 0.15) is 28.9 Å². The molecule has 198 valence electrons. The van der Waals surface area contributed by atoms with Gasteiger partial charge >= 0.3 is 12.3 Å². The van der Waals surface area contributed by atoms with Crippen molar-refractivity contribution in [2.45, 2.75) is 24.8 Å². The second-order valence-corrected chi connectivity index (χ2v) is 9.83. The fourth-order valence-electron chi connectivity index (χ4n) is 3.55. The van der Waals surface area contributed by atoms with E-state index in [0.29, 0.717) is 33.3 Å². The number of carboxylic acids is 1. The molecule has 4 aromatic rings. The Labute approximate surface area is 225 Å². The molecular weight excluding hydrogens is 539 g/mol. The number of aliphatic carboxylic acids is 1. The lowest BCUT2D eigenvalue weighted by atomic mass is 10.0. The van der Waals surface area contributed by atoms with E-state index in [1.807, 2.05) is 30.5 Å². The average Bonchev–Trinajstić information content (AvgIpc) is 3.35. The van der Waals surface area contributed by atoms with E-state index in [9.17, 15) is 18.0 Å². The maximum atomic E-state index is 12.4. The van der Waals surface area contributed by atoms with Crippen molar-refractivity contribution in [2.24, 2.45) is 0 Å². The number of benzene rings is 3. The van der Waals surface area contributed by atoms with Gasteiger partial charge in [0.05, 0.1) is 5.69 Å². The number of ether oxygens (including phenoxy) is 3. The van der Waals surface area contributed by atoms with Crippen LogP contribution < -0.4 is 14.2 Å². The van der Waals surface area contributed by atoms with Gasteiger partial charge in [-0.05, 0) is 72.8 Å². The summed E-state index contributed by atoms with van der Waals surface area (Å²) in [6.45, 7) is 1.50. The normalized spacial score (nSPS) is 11.3. The Balaban J connectivity index is 1.54. The van der Waals surface area contributed by atoms with Crippen molar-refractivity contribution >= 4 is 29.1 Å². The molecule has 0 saturated heterocycles. The monoisotopic (exact) mass is 561 g/mol. The number of carbonyl (C=O) groups is 1. The van der Waals surface area contributed by atoms with Crippen LogP contribution in [0.3, 0.4) is 0 Å². The van der Waals surface area contributed by atoms with Crippen molar-refractivity contribution in [2.75, 3.05) is 12.9 Å². The summed E-state index contributed by atoms with van der Waals surface area (Å²) in [4.78, 5) is 16.7. The highest BCUT2D eigenvalue weighted by Gasteiger charge is 2.31. The summed E-state index contributed by atoms with van der Waals surface area (Å²) >= 11 is 2.98. The highest BCUT2D eigenvalue weighted by atomic mass is 32.2. The van der Waals surface area contributed by atoms with Crippen LogP contribution >= 0.6 is 23.1 Å². The molecule has 1 N–H and O–H groups in total. The van der Waals surface area contributed by atoms with Gasteiger partial charge in [-0.1, -0.05) is 12.1 Å². The maximum Gasteiger partial charge on any atom is 0.573 e. The van der Waals surface area contributed by atoms with Crippen molar-refractivity contribution in [1.82, 2.24) is 4.98 Å². The highest BCUT2D eigenvalue weighted by molar-refractivity contribution is 7.98. The smallest absolute Gasteiger partial charge is 0.486 e. The number of hydrogen-bond acceptors (Lipinski definition) is 7. The third-order valence-electron chi connectivity index (χ3n) is 5.32. The van der Waals surface area contributed by atoms with Crippen LogP contribution in [-0.4, -0.2) is 35.3 Å². The topological polar surface area (TPSA) is 77.9 Å². The second-order valence-electron chi connectivity index (χ2n) is 8.01. The van der Waals surface area contributed by atoms with Crippen LogP contribution in [0, 0.1) is 6.92 Å². The molecule has 0 saturated carbocycles. The van der Waals surface area contributed by atoms with Gasteiger partial charge in [-0.15, -0.1) is 36.3 Å². The molecular formula is C27H22F3NO5S2. The van der Waals surface area contributed by atoms with E-state index in [-0.39, 0.29) is 12.4 Å². The van der Waals surface area contributed by atoms with Crippen LogP contribution in [0.2, 0.25) is 0 Å². The summed E-state index contributed by atoms with van der Waals surface area (Å²) in [7, 11) is 0. The molecule has 1 heterocycles. The van der Waals surface area contributed by atoms with E-state index < -0.39 is 18.9 Å². The molecule has 4 rings (SSSR count). The molecule has 3 aromatic carbocycles. The lowest BCUT2D eigenvalue weighted by molar-refractivity contribution is -0.274. The van der Waals surface area contributed by atoms with Gasteiger partial charge in [0, 0.05) is 21.4 Å². The van der Waals surface area contributed by atoms with Gasteiger partial charge in [-0.3, -0.25) is 0 Å². The third kappa shape index (κ3) is 7.20. The number of aromatic nitrogens is 1. The summed E-state index contributed by atoms with van der Waals surface area (Å²) in [5.41, 5.74) is 3.58. The van der Waals surface area contributed by atoms with E-state index in [1.165, 1.54) is 35.6 Å². The Morgan fingerprint density at radius 2 is 1.68 bits per heavy atom. The number of aryl methyl sites for hydroxylation is 1. The molecule has 0 bridgehead atoms. The van der Waals surface area contributed by atoms with Crippen LogP contribution in [0.15, 0.2) is 70.9 Å². The van der Waals surface area contributed by atoms with Crippen molar-refractivity contribution in [3.63, 3.8) is 0 Å². The summed E-state index contributed by atoms with van der Waals surface area (Å²) in [6, 6.07) is 16.9. The number of halogens is 3. The van der Waals surface area contributed by atoms with Gasteiger partial charge < -0.3 is 19.3 Å². The predicted molar refractivity (Wildman–Crippen MR) is 140 cm³/mol. The molecule has 11 heteroatoms. The lowest BCUT2D eigenvalue weighted by Crippen LogP contribution is -2.16. The first-order chi connectivity index (χ1) is 18.1. The Morgan fingerprint density at radius 3 is 2.32 bits per heavy atom. The zero-order valence-electron chi connectivity index (χ0n) is 20.2. The molecule has 1 aromatic heterocycles. The quantitative estimate of drug-likeness (QED) is 0.202. The van der Waals surface area contributed by atoms with Gasteiger partial charge in [-0.25, -0.2) is 9.78 Å². The van der Waals surface area contributed by atoms with Crippen LogP contribution in [0.4, 0.5) is 13.2 Å². The van der Waals surface area contributed by atoms with Crippen LogP contribution in [0.1, 0.15) is 10.6 Å². The lowest BCUT2D eigenvalue weighted by Gasteiger charge is -2.16. The fraction of sp³-hybridized carbons (Fsp3) is 0.185. The Bertz CT molecular complexity index is 1400. The Hall–Kier alpha value is -3.70.